The lowest BCUT2D eigenvalue weighted by Gasteiger charge is -2.23. The Kier molecular flexibility index (Phi) is 5.18. The van der Waals surface area contributed by atoms with Gasteiger partial charge in [-0.15, -0.1) is 6.58 Å². The van der Waals surface area contributed by atoms with Crippen molar-refractivity contribution >= 4 is 12.0 Å². The highest BCUT2D eigenvalue weighted by molar-refractivity contribution is 5.83. The summed E-state index contributed by atoms with van der Waals surface area (Å²) in [5.41, 5.74) is 0. The van der Waals surface area contributed by atoms with Crippen LogP contribution in [0, 0.1) is 11.3 Å². The zero-order chi connectivity index (χ0) is 13.5. The fourth-order valence-electron chi connectivity index (χ4n) is 1.63. The van der Waals surface area contributed by atoms with E-state index in [1.807, 2.05) is 6.07 Å². The molecule has 0 heterocycles. The molecular formula is C12H17N3O3. The number of urea groups is 1. The van der Waals surface area contributed by atoms with E-state index < -0.39 is 18.0 Å². The second kappa shape index (κ2) is 6.64. The van der Waals surface area contributed by atoms with Gasteiger partial charge in [0.15, 0.2) is 0 Å². The molecule has 18 heavy (non-hydrogen) atoms. The van der Waals surface area contributed by atoms with Gasteiger partial charge in [0.25, 0.3) is 0 Å². The van der Waals surface area contributed by atoms with Crippen LogP contribution >= 0.6 is 0 Å². The van der Waals surface area contributed by atoms with Crippen molar-refractivity contribution in [1.29, 1.82) is 5.26 Å². The molecule has 0 aromatic carbocycles. The predicted octanol–water partition coefficient (Wildman–Crippen LogP) is 1.10. The maximum Gasteiger partial charge on any atom is 0.326 e. The van der Waals surface area contributed by atoms with Crippen LogP contribution in [0.25, 0.3) is 0 Å². The molecular weight excluding hydrogens is 234 g/mol. The van der Waals surface area contributed by atoms with Crippen LogP contribution in [0.1, 0.15) is 25.7 Å². The Balaban J connectivity index is 2.56. The zero-order valence-electron chi connectivity index (χ0n) is 10.1. The van der Waals surface area contributed by atoms with Gasteiger partial charge in [0.1, 0.15) is 6.04 Å². The minimum Gasteiger partial charge on any atom is -0.480 e. The summed E-state index contributed by atoms with van der Waals surface area (Å²) in [6, 6.07) is 0.758. The number of hydrogen-bond donors (Lipinski definition) is 2. The molecule has 0 aliphatic heterocycles. The molecule has 6 nitrogen and oxygen atoms in total. The molecule has 1 unspecified atom stereocenters. The van der Waals surface area contributed by atoms with Crippen molar-refractivity contribution < 1.29 is 14.7 Å². The third-order valence-corrected chi connectivity index (χ3v) is 2.71. The Morgan fingerprint density at radius 3 is 2.72 bits per heavy atom. The first kappa shape index (κ1) is 14.0. The zero-order valence-corrected chi connectivity index (χ0v) is 10.1. The van der Waals surface area contributed by atoms with Gasteiger partial charge in [-0.3, -0.25) is 0 Å². The third-order valence-electron chi connectivity index (χ3n) is 2.71. The molecule has 1 rings (SSSR count). The topological polar surface area (TPSA) is 93.4 Å². The van der Waals surface area contributed by atoms with E-state index in [-0.39, 0.29) is 18.9 Å². The van der Waals surface area contributed by atoms with Gasteiger partial charge in [-0.05, 0) is 19.3 Å². The van der Waals surface area contributed by atoms with E-state index >= 15 is 0 Å². The summed E-state index contributed by atoms with van der Waals surface area (Å²) in [7, 11) is 0. The van der Waals surface area contributed by atoms with Crippen molar-refractivity contribution in [2.45, 2.75) is 37.8 Å². The van der Waals surface area contributed by atoms with Gasteiger partial charge < -0.3 is 15.3 Å². The number of carbonyl (C=O) groups is 2. The van der Waals surface area contributed by atoms with Crippen LogP contribution in [0.3, 0.4) is 0 Å². The quantitative estimate of drug-likeness (QED) is 0.662. The van der Waals surface area contributed by atoms with Gasteiger partial charge in [-0.25, -0.2) is 9.59 Å². The van der Waals surface area contributed by atoms with Crippen LogP contribution in [0.15, 0.2) is 12.7 Å². The van der Waals surface area contributed by atoms with Crippen LogP contribution in [-0.2, 0) is 4.79 Å². The van der Waals surface area contributed by atoms with Crippen molar-refractivity contribution in [3.05, 3.63) is 12.7 Å². The number of carboxylic acids is 1. The van der Waals surface area contributed by atoms with E-state index in [0.717, 1.165) is 12.8 Å². The lowest BCUT2D eigenvalue weighted by Crippen LogP contribution is -2.48. The maximum atomic E-state index is 11.9. The van der Waals surface area contributed by atoms with Crippen molar-refractivity contribution in [3.63, 3.8) is 0 Å². The summed E-state index contributed by atoms with van der Waals surface area (Å²) in [6.07, 6.45) is 3.72. The number of aliphatic carboxylic acids is 1. The second-order valence-electron chi connectivity index (χ2n) is 4.20. The molecule has 0 spiro atoms. The van der Waals surface area contributed by atoms with E-state index in [9.17, 15) is 9.59 Å². The number of hydrogen-bond acceptors (Lipinski definition) is 3. The Morgan fingerprint density at radius 1 is 1.61 bits per heavy atom. The molecule has 2 amide bonds. The monoisotopic (exact) mass is 251 g/mol. The molecule has 98 valence electrons. The first-order valence-electron chi connectivity index (χ1n) is 5.88. The van der Waals surface area contributed by atoms with Gasteiger partial charge in [-0.2, -0.15) is 5.26 Å². The normalized spacial score (nSPS) is 15.3. The molecule has 1 aliphatic rings. The van der Waals surface area contributed by atoms with Crippen molar-refractivity contribution in [3.8, 4) is 6.07 Å². The molecule has 0 aromatic heterocycles. The summed E-state index contributed by atoms with van der Waals surface area (Å²) in [5, 5.41) is 19.9. The van der Waals surface area contributed by atoms with Gasteiger partial charge >= 0.3 is 12.0 Å². The van der Waals surface area contributed by atoms with E-state index in [4.69, 9.17) is 10.4 Å². The average molecular weight is 251 g/mol. The molecule has 1 atom stereocenters. The predicted molar refractivity (Wildman–Crippen MR) is 64.7 cm³/mol. The summed E-state index contributed by atoms with van der Waals surface area (Å²) in [5.74, 6) is -1.08. The number of nitriles is 1. The van der Waals surface area contributed by atoms with E-state index in [2.05, 4.69) is 11.9 Å². The largest absolute Gasteiger partial charge is 0.480 e. The highest BCUT2D eigenvalue weighted by Gasteiger charge is 2.33. The van der Waals surface area contributed by atoms with Crippen molar-refractivity contribution in [2.24, 2.45) is 0 Å². The van der Waals surface area contributed by atoms with Crippen LogP contribution in [0.4, 0.5) is 4.79 Å². The fourth-order valence-corrected chi connectivity index (χ4v) is 1.63. The van der Waals surface area contributed by atoms with Crippen molar-refractivity contribution in [2.75, 3.05) is 6.54 Å². The Bertz CT molecular complexity index is 371. The molecule has 0 bridgehead atoms. The standard InChI is InChI=1S/C12H17N3O3/c1-2-4-10(11(16)17)14-12(18)15(8-3-7-13)9-5-6-9/h2,9-10H,1,3-6,8H2,(H,14,18)(H,16,17). The number of carboxylic acid groups (broad SMARTS) is 1. The Labute approximate surface area is 106 Å². The number of rotatable bonds is 7. The van der Waals surface area contributed by atoms with E-state index in [1.165, 1.54) is 6.08 Å². The van der Waals surface area contributed by atoms with Gasteiger partial charge in [0, 0.05) is 12.6 Å². The third kappa shape index (κ3) is 4.09. The number of nitrogens with one attached hydrogen (secondary N) is 1. The second-order valence-corrected chi connectivity index (χ2v) is 4.20. The number of nitrogens with zero attached hydrogens (tertiary/aromatic N) is 2. The van der Waals surface area contributed by atoms with Gasteiger partial charge in [0.05, 0.1) is 12.5 Å². The lowest BCUT2D eigenvalue weighted by atomic mass is 10.2. The highest BCUT2D eigenvalue weighted by atomic mass is 16.4. The molecule has 0 radical (unpaired) electrons. The van der Waals surface area contributed by atoms with Crippen LogP contribution in [0.2, 0.25) is 0 Å². The van der Waals surface area contributed by atoms with Crippen molar-refractivity contribution in [1.82, 2.24) is 10.2 Å². The highest BCUT2D eigenvalue weighted by Crippen LogP contribution is 2.26. The molecule has 0 aromatic rings. The molecule has 2 N–H and O–H groups in total. The van der Waals surface area contributed by atoms with Gasteiger partial charge in [-0.1, -0.05) is 6.08 Å². The van der Waals surface area contributed by atoms with E-state index in [1.54, 1.807) is 4.90 Å². The summed E-state index contributed by atoms with van der Waals surface area (Å²) >= 11 is 0. The Morgan fingerprint density at radius 2 is 2.28 bits per heavy atom. The van der Waals surface area contributed by atoms with Crippen LogP contribution in [-0.4, -0.2) is 40.6 Å². The molecule has 1 fully saturated rings. The lowest BCUT2D eigenvalue weighted by molar-refractivity contribution is -0.139. The maximum absolute atomic E-state index is 11.9. The first-order chi connectivity index (χ1) is 8.60. The molecule has 1 saturated carbocycles. The first-order valence-corrected chi connectivity index (χ1v) is 5.88. The van der Waals surface area contributed by atoms with Gasteiger partial charge in [0.2, 0.25) is 0 Å². The van der Waals surface area contributed by atoms with E-state index in [0.29, 0.717) is 6.54 Å². The number of amides is 2. The SMILES string of the molecule is C=CCC(NC(=O)N(CCC#N)C1CC1)C(=O)O. The summed E-state index contributed by atoms with van der Waals surface area (Å²) < 4.78 is 0. The summed E-state index contributed by atoms with van der Waals surface area (Å²) in [4.78, 5) is 24.4. The average Bonchev–Trinajstić information content (AvgIpc) is 3.13. The van der Waals surface area contributed by atoms with Crippen LogP contribution in [0.5, 0.6) is 0 Å². The number of carbonyl (C=O) groups excluding carboxylic acids is 1. The fraction of sp³-hybridized carbons (Fsp3) is 0.583. The molecule has 0 saturated heterocycles. The molecule has 1 aliphatic carbocycles. The Hall–Kier alpha value is -2.03. The minimum absolute atomic E-state index is 0.150. The van der Waals surface area contributed by atoms with Crippen LogP contribution < -0.4 is 5.32 Å². The molecule has 6 heteroatoms. The smallest absolute Gasteiger partial charge is 0.326 e. The minimum atomic E-state index is -1.08. The summed E-state index contributed by atoms with van der Waals surface area (Å²) in [6.45, 7) is 3.80.